The molecule has 3 rings (SSSR count). The van der Waals surface area contributed by atoms with Gasteiger partial charge in [0.1, 0.15) is 0 Å². The number of amides is 2. The summed E-state index contributed by atoms with van der Waals surface area (Å²) < 4.78 is 0. The summed E-state index contributed by atoms with van der Waals surface area (Å²) in [7, 11) is 0. The Morgan fingerprint density at radius 2 is 1.79 bits per heavy atom. The zero-order valence-corrected chi connectivity index (χ0v) is 18.6. The molecule has 7 heteroatoms. The lowest BCUT2D eigenvalue weighted by Gasteiger charge is -2.43. The number of likely N-dealkylation sites (tertiary alicyclic amines) is 2. The van der Waals surface area contributed by atoms with Gasteiger partial charge < -0.3 is 16.0 Å². The number of hydrogen-bond donors (Lipinski definition) is 2. The van der Waals surface area contributed by atoms with Crippen molar-refractivity contribution in [1.29, 1.82) is 0 Å². The van der Waals surface area contributed by atoms with Gasteiger partial charge in [0.25, 0.3) is 5.91 Å². The van der Waals surface area contributed by atoms with Gasteiger partial charge in [-0.2, -0.15) is 0 Å². The first kappa shape index (κ1) is 23.6. The molecule has 0 radical (unpaired) electrons. The predicted molar refractivity (Wildman–Crippen MR) is 118 cm³/mol. The van der Waals surface area contributed by atoms with Crippen LogP contribution in [0.2, 0.25) is 0 Å². The zero-order valence-electron chi connectivity index (χ0n) is 17.8. The molecule has 2 aliphatic rings. The Kier molecular flexibility index (Phi) is 8.09. The molecule has 162 valence electrons. The van der Waals surface area contributed by atoms with Crippen LogP contribution in [0.5, 0.6) is 0 Å². The number of halogens is 1. The smallest absolute Gasteiger partial charge is 0.251 e. The van der Waals surface area contributed by atoms with Gasteiger partial charge in [0, 0.05) is 43.8 Å². The van der Waals surface area contributed by atoms with Crippen LogP contribution in [0.15, 0.2) is 24.3 Å². The molecule has 1 aromatic carbocycles. The first-order valence-corrected chi connectivity index (χ1v) is 10.4. The van der Waals surface area contributed by atoms with E-state index in [0.29, 0.717) is 19.6 Å². The predicted octanol–water partition coefficient (Wildman–Crippen LogP) is 2.20. The lowest BCUT2D eigenvalue weighted by molar-refractivity contribution is -0.134. The van der Waals surface area contributed by atoms with Crippen molar-refractivity contribution in [1.82, 2.24) is 15.1 Å². The van der Waals surface area contributed by atoms with E-state index in [1.165, 1.54) is 0 Å². The zero-order chi connectivity index (χ0) is 20.3. The van der Waals surface area contributed by atoms with Gasteiger partial charge in [-0.05, 0) is 43.2 Å². The van der Waals surface area contributed by atoms with Crippen LogP contribution in [-0.4, -0.2) is 66.4 Å². The third kappa shape index (κ3) is 5.93. The van der Waals surface area contributed by atoms with Crippen molar-refractivity contribution in [2.24, 2.45) is 11.1 Å². The highest BCUT2D eigenvalue weighted by Crippen LogP contribution is 2.27. The molecular formula is C22H35ClN4O2. The fourth-order valence-corrected chi connectivity index (χ4v) is 4.28. The molecule has 2 fully saturated rings. The molecule has 1 atom stereocenters. The van der Waals surface area contributed by atoms with Crippen LogP contribution in [0.3, 0.4) is 0 Å². The number of rotatable bonds is 4. The molecule has 2 aliphatic heterocycles. The van der Waals surface area contributed by atoms with Gasteiger partial charge >= 0.3 is 0 Å². The van der Waals surface area contributed by atoms with Crippen molar-refractivity contribution in [3.05, 3.63) is 35.4 Å². The second-order valence-electron chi connectivity index (χ2n) is 9.04. The van der Waals surface area contributed by atoms with Crippen LogP contribution in [0.25, 0.3) is 0 Å². The summed E-state index contributed by atoms with van der Waals surface area (Å²) in [5, 5.41) is 3.13. The fourth-order valence-electron chi connectivity index (χ4n) is 4.28. The maximum Gasteiger partial charge on any atom is 0.251 e. The molecule has 1 unspecified atom stereocenters. The minimum atomic E-state index is -0.0187. The molecule has 1 aromatic rings. The Bertz CT molecular complexity index is 717. The lowest BCUT2D eigenvalue weighted by Crippen LogP contribution is -2.55. The number of piperidine rings is 2. The van der Waals surface area contributed by atoms with Crippen molar-refractivity contribution >= 4 is 24.2 Å². The monoisotopic (exact) mass is 422 g/mol. The Hall–Kier alpha value is -1.63. The highest BCUT2D eigenvalue weighted by Gasteiger charge is 2.35. The van der Waals surface area contributed by atoms with Gasteiger partial charge in [-0.1, -0.05) is 32.0 Å². The molecule has 0 aromatic heterocycles. The first-order valence-electron chi connectivity index (χ1n) is 10.4. The number of hydrogen-bond acceptors (Lipinski definition) is 4. The molecule has 0 bridgehead atoms. The normalized spacial score (nSPS) is 22.6. The van der Waals surface area contributed by atoms with Crippen molar-refractivity contribution in [3.8, 4) is 0 Å². The van der Waals surface area contributed by atoms with Crippen molar-refractivity contribution in [2.75, 3.05) is 32.7 Å². The minimum absolute atomic E-state index is 0. The number of nitrogens with two attached hydrogens (primary N) is 1. The Morgan fingerprint density at radius 1 is 1.14 bits per heavy atom. The number of nitrogens with one attached hydrogen (secondary N) is 1. The van der Waals surface area contributed by atoms with Gasteiger partial charge in [-0.3, -0.25) is 14.5 Å². The van der Waals surface area contributed by atoms with E-state index in [-0.39, 0.29) is 41.7 Å². The standard InChI is InChI=1S/C22H34N4O2.ClH/c1-16-6-4-5-7-18(16)21(28)24-17-8-12-26(13-9-17)20(27)14-25-11-10-19(23)22(2,3)15-25;/h4-7,17,19H,8-15,23H2,1-3H3,(H,24,28);1H. The molecule has 3 N–H and O–H groups in total. The highest BCUT2D eigenvalue weighted by molar-refractivity contribution is 5.95. The van der Waals surface area contributed by atoms with Gasteiger partial charge in [0.2, 0.25) is 5.91 Å². The molecule has 2 amide bonds. The lowest BCUT2D eigenvalue weighted by atomic mass is 9.80. The number of carbonyl (C=O) groups is 2. The van der Waals surface area contributed by atoms with Gasteiger partial charge in [0.05, 0.1) is 6.54 Å². The second kappa shape index (κ2) is 9.92. The number of carbonyl (C=O) groups excluding carboxylic acids is 2. The van der Waals surface area contributed by atoms with E-state index in [4.69, 9.17) is 5.73 Å². The summed E-state index contributed by atoms with van der Waals surface area (Å²) in [4.78, 5) is 29.4. The molecule has 0 aliphatic carbocycles. The van der Waals surface area contributed by atoms with E-state index in [1.807, 2.05) is 36.1 Å². The third-order valence-corrected chi connectivity index (χ3v) is 6.32. The average Bonchev–Trinajstić information content (AvgIpc) is 2.65. The minimum Gasteiger partial charge on any atom is -0.349 e. The van der Waals surface area contributed by atoms with Gasteiger partial charge in [-0.15, -0.1) is 12.4 Å². The van der Waals surface area contributed by atoms with E-state index in [9.17, 15) is 9.59 Å². The number of benzene rings is 1. The number of aryl methyl sites for hydroxylation is 1. The van der Waals surface area contributed by atoms with E-state index in [2.05, 4.69) is 24.1 Å². The number of nitrogens with zero attached hydrogens (tertiary/aromatic N) is 2. The van der Waals surface area contributed by atoms with Crippen molar-refractivity contribution in [3.63, 3.8) is 0 Å². The summed E-state index contributed by atoms with van der Waals surface area (Å²) >= 11 is 0. The van der Waals surface area contributed by atoms with Crippen molar-refractivity contribution < 1.29 is 9.59 Å². The molecule has 0 saturated carbocycles. The summed E-state index contributed by atoms with van der Waals surface area (Å²) in [6.45, 7) is 9.93. The maximum absolute atomic E-state index is 12.7. The van der Waals surface area contributed by atoms with E-state index in [0.717, 1.165) is 43.5 Å². The molecule has 0 spiro atoms. The Labute approximate surface area is 180 Å². The Balaban J connectivity index is 0.00000300. The van der Waals surface area contributed by atoms with Crippen LogP contribution in [0.1, 0.15) is 49.0 Å². The van der Waals surface area contributed by atoms with Crippen LogP contribution in [0, 0.1) is 12.3 Å². The fraction of sp³-hybridized carbons (Fsp3) is 0.636. The SMILES string of the molecule is Cc1ccccc1C(=O)NC1CCN(C(=O)CN2CCC(N)C(C)(C)C2)CC1.Cl. The van der Waals surface area contributed by atoms with E-state index < -0.39 is 0 Å². The van der Waals surface area contributed by atoms with Gasteiger partial charge in [-0.25, -0.2) is 0 Å². The second-order valence-corrected chi connectivity index (χ2v) is 9.04. The molecule has 6 nitrogen and oxygen atoms in total. The van der Waals surface area contributed by atoms with Gasteiger partial charge in [0.15, 0.2) is 0 Å². The average molecular weight is 423 g/mol. The third-order valence-electron chi connectivity index (χ3n) is 6.32. The summed E-state index contributed by atoms with van der Waals surface area (Å²) in [6, 6.07) is 7.96. The maximum atomic E-state index is 12.7. The quantitative estimate of drug-likeness (QED) is 0.779. The highest BCUT2D eigenvalue weighted by atomic mass is 35.5. The molecule has 2 saturated heterocycles. The van der Waals surface area contributed by atoms with E-state index in [1.54, 1.807) is 0 Å². The summed E-state index contributed by atoms with van der Waals surface area (Å²) in [5.41, 5.74) is 7.96. The first-order chi connectivity index (χ1) is 13.3. The van der Waals surface area contributed by atoms with Crippen LogP contribution < -0.4 is 11.1 Å². The van der Waals surface area contributed by atoms with Crippen LogP contribution >= 0.6 is 12.4 Å². The van der Waals surface area contributed by atoms with E-state index >= 15 is 0 Å². The van der Waals surface area contributed by atoms with Crippen LogP contribution in [-0.2, 0) is 4.79 Å². The molecular weight excluding hydrogens is 388 g/mol. The Morgan fingerprint density at radius 3 is 2.41 bits per heavy atom. The van der Waals surface area contributed by atoms with Crippen molar-refractivity contribution in [2.45, 2.75) is 52.1 Å². The molecule has 29 heavy (non-hydrogen) atoms. The summed E-state index contributed by atoms with van der Waals surface area (Å²) in [5.74, 6) is 0.171. The summed E-state index contributed by atoms with van der Waals surface area (Å²) in [6.07, 6.45) is 2.55. The molecule has 2 heterocycles. The largest absolute Gasteiger partial charge is 0.349 e. The topological polar surface area (TPSA) is 78.7 Å². The van der Waals surface area contributed by atoms with Crippen LogP contribution in [0.4, 0.5) is 0 Å².